The molecule has 0 unspecified atom stereocenters. The van der Waals surface area contributed by atoms with E-state index < -0.39 is 0 Å². The number of nitrogens with one attached hydrogen (secondary N) is 2. The van der Waals surface area contributed by atoms with Crippen molar-refractivity contribution in [3.8, 4) is 5.75 Å². The van der Waals surface area contributed by atoms with E-state index in [0.29, 0.717) is 19.1 Å². The van der Waals surface area contributed by atoms with Crippen molar-refractivity contribution in [3.63, 3.8) is 0 Å². The average molecular weight is 222 g/mol. The van der Waals surface area contributed by atoms with E-state index in [1.54, 1.807) is 24.3 Å². The van der Waals surface area contributed by atoms with Gasteiger partial charge in [-0.05, 0) is 17.7 Å². The van der Waals surface area contributed by atoms with Gasteiger partial charge in [0, 0.05) is 12.6 Å². The molecule has 0 atom stereocenters. The molecule has 1 aromatic rings. The molecule has 1 rings (SSSR count). The first-order valence-electron chi connectivity index (χ1n) is 5.36. The molecule has 0 radical (unpaired) electrons. The van der Waals surface area contributed by atoms with Crippen molar-refractivity contribution in [2.75, 3.05) is 6.54 Å². The van der Waals surface area contributed by atoms with E-state index in [0.717, 1.165) is 5.56 Å². The van der Waals surface area contributed by atoms with Crippen LogP contribution in [0.1, 0.15) is 19.4 Å². The Hall–Kier alpha value is -1.55. The number of benzene rings is 1. The first-order valence-corrected chi connectivity index (χ1v) is 5.36. The maximum atomic E-state index is 11.4. The Kier molecular flexibility index (Phi) is 4.79. The van der Waals surface area contributed by atoms with Crippen LogP contribution in [0.15, 0.2) is 24.3 Å². The van der Waals surface area contributed by atoms with E-state index in [1.165, 1.54) is 0 Å². The van der Waals surface area contributed by atoms with Crippen LogP contribution in [0.4, 0.5) is 0 Å². The van der Waals surface area contributed by atoms with Gasteiger partial charge >= 0.3 is 0 Å². The summed E-state index contributed by atoms with van der Waals surface area (Å²) in [5.74, 6) is 0.207. The second-order valence-corrected chi connectivity index (χ2v) is 3.98. The summed E-state index contributed by atoms with van der Waals surface area (Å²) >= 11 is 0. The van der Waals surface area contributed by atoms with E-state index in [-0.39, 0.29) is 11.7 Å². The molecule has 0 bridgehead atoms. The molecule has 0 aliphatic carbocycles. The first-order chi connectivity index (χ1) is 7.58. The third kappa shape index (κ3) is 4.79. The lowest BCUT2D eigenvalue weighted by atomic mass is 10.2. The van der Waals surface area contributed by atoms with Crippen LogP contribution in [0.2, 0.25) is 0 Å². The molecule has 88 valence electrons. The second-order valence-electron chi connectivity index (χ2n) is 3.98. The minimum atomic E-state index is -0.0261. The van der Waals surface area contributed by atoms with Crippen LogP contribution < -0.4 is 10.6 Å². The Balaban J connectivity index is 2.29. The summed E-state index contributed by atoms with van der Waals surface area (Å²) in [6, 6.07) is 7.08. The number of carbonyl (C=O) groups is 1. The average Bonchev–Trinajstić information content (AvgIpc) is 2.25. The number of rotatable bonds is 5. The number of carbonyl (C=O) groups excluding carboxylic acids is 1. The summed E-state index contributed by atoms with van der Waals surface area (Å²) in [6.45, 7) is 4.80. The van der Waals surface area contributed by atoms with Crippen molar-refractivity contribution in [2.24, 2.45) is 0 Å². The highest BCUT2D eigenvalue weighted by Gasteiger charge is 2.01. The Morgan fingerprint density at radius 1 is 1.31 bits per heavy atom. The molecule has 0 heterocycles. The van der Waals surface area contributed by atoms with Gasteiger partial charge in [-0.1, -0.05) is 26.0 Å². The maximum absolute atomic E-state index is 11.4. The summed E-state index contributed by atoms with van der Waals surface area (Å²) in [4.78, 5) is 11.4. The van der Waals surface area contributed by atoms with Crippen molar-refractivity contribution in [1.82, 2.24) is 10.6 Å². The third-order valence-electron chi connectivity index (χ3n) is 2.10. The largest absolute Gasteiger partial charge is 0.508 e. The SMILES string of the molecule is CC(C)NCC(=O)NCc1ccc(O)cc1. The minimum absolute atomic E-state index is 0.0261. The predicted octanol–water partition coefficient (Wildman–Crippen LogP) is 1.01. The molecule has 3 N–H and O–H groups in total. The molecule has 0 aliphatic heterocycles. The molecule has 1 aromatic carbocycles. The standard InChI is InChI=1S/C12H18N2O2/c1-9(2)13-8-12(16)14-7-10-3-5-11(15)6-4-10/h3-6,9,13,15H,7-8H2,1-2H3,(H,14,16). The van der Waals surface area contributed by atoms with E-state index in [9.17, 15) is 4.79 Å². The molecule has 0 spiro atoms. The van der Waals surface area contributed by atoms with Gasteiger partial charge in [-0.3, -0.25) is 4.79 Å². The van der Waals surface area contributed by atoms with Crippen LogP contribution in [-0.4, -0.2) is 23.6 Å². The monoisotopic (exact) mass is 222 g/mol. The Morgan fingerprint density at radius 2 is 1.94 bits per heavy atom. The van der Waals surface area contributed by atoms with Gasteiger partial charge in [-0.15, -0.1) is 0 Å². The molecule has 4 nitrogen and oxygen atoms in total. The van der Waals surface area contributed by atoms with E-state index in [2.05, 4.69) is 10.6 Å². The number of phenols is 1. The molecule has 0 fully saturated rings. The van der Waals surface area contributed by atoms with Crippen LogP contribution in [-0.2, 0) is 11.3 Å². The summed E-state index contributed by atoms with van der Waals surface area (Å²) < 4.78 is 0. The molecule has 16 heavy (non-hydrogen) atoms. The summed E-state index contributed by atoms with van der Waals surface area (Å²) in [5.41, 5.74) is 0.968. The van der Waals surface area contributed by atoms with Gasteiger partial charge in [0.1, 0.15) is 5.75 Å². The van der Waals surface area contributed by atoms with Crippen LogP contribution in [0.25, 0.3) is 0 Å². The number of hydrogen-bond donors (Lipinski definition) is 3. The van der Waals surface area contributed by atoms with E-state index in [1.807, 2.05) is 13.8 Å². The zero-order valence-electron chi connectivity index (χ0n) is 9.66. The first kappa shape index (κ1) is 12.5. The summed E-state index contributed by atoms with van der Waals surface area (Å²) in [6.07, 6.45) is 0. The van der Waals surface area contributed by atoms with Crippen molar-refractivity contribution < 1.29 is 9.90 Å². The molecule has 0 aliphatic rings. The lowest BCUT2D eigenvalue weighted by Gasteiger charge is -2.08. The fourth-order valence-electron chi connectivity index (χ4n) is 1.17. The molecule has 4 heteroatoms. The fraction of sp³-hybridized carbons (Fsp3) is 0.417. The van der Waals surface area contributed by atoms with Crippen molar-refractivity contribution in [3.05, 3.63) is 29.8 Å². The van der Waals surface area contributed by atoms with Gasteiger partial charge in [0.15, 0.2) is 0 Å². The highest BCUT2D eigenvalue weighted by Crippen LogP contribution is 2.08. The normalized spacial score (nSPS) is 10.4. The van der Waals surface area contributed by atoms with E-state index >= 15 is 0 Å². The van der Waals surface area contributed by atoms with Crippen molar-refractivity contribution >= 4 is 5.91 Å². The summed E-state index contributed by atoms with van der Waals surface area (Å²) in [7, 11) is 0. The van der Waals surface area contributed by atoms with Crippen LogP contribution >= 0.6 is 0 Å². The van der Waals surface area contributed by atoms with Crippen LogP contribution in [0, 0.1) is 0 Å². The number of phenolic OH excluding ortho intramolecular Hbond substituents is 1. The smallest absolute Gasteiger partial charge is 0.234 e. The van der Waals surface area contributed by atoms with Gasteiger partial charge in [0.25, 0.3) is 0 Å². The quantitative estimate of drug-likeness (QED) is 0.696. The molecule has 0 saturated heterocycles. The Bertz CT molecular complexity index is 333. The number of aromatic hydroxyl groups is 1. The van der Waals surface area contributed by atoms with Gasteiger partial charge in [0.2, 0.25) is 5.91 Å². The maximum Gasteiger partial charge on any atom is 0.234 e. The number of amides is 1. The van der Waals surface area contributed by atoms with Gasteiger partial charge in [0.05, 0.1) is 6.54 Å². The molecule has 1 amide bonds. The highest BCUT2D eigenvalue weighted by atomic mass is 16.3. The van der Waals surface area contributed by atoms with Crippen molar-refractivity contribution in [2.45, 2.75) is 26.4 Å². The lowest BCUT2D eigenvalue weighted by molar-refractivity contribution is -0.120. The molecule has 0 aromatic heterocycles. The second kappa shape index (κ2) is 6.12. The number of hydrogen-bond acceptors (Lipinski definition) is 3. The highest BCUT2D eigenvalue weighted by molar-refractivity contribution is 5.77. The molecular weight excluding hydrogens is 204 g/mol. The van der Waals surface area contributed by atoms with Crippen molar-refractivity contribution in [1.29, 1.82) is 0 Å². The van der Waals surface area contributed by atoms with Gasteiger partial charge in [-0.25, -0.2) is 0 Å². The molecular formula is C12H18N2O2. The Labute approximate surface area is 95.7 Å². The fourth-order valence-corrected chi connectivity index (χ4v) is 1.17. The topological polar surface area (TPSA) is 61.4 Å². The third-order valence-corrected chi connectivity index (χ3v) is 2.10. The lowest BCUT2D eigenvalue weighted by Crippen LogP contribution is -2.36. The predicted molar refractivity (Wildman–Crippen MR) is 63.1 cm³/mol. The zero-order chi connectivity index (χ0) is 12.0. The van der Waals surface area contributed by atoms with Crippen LogP contribution in [0.5, 0.6) is 5.75 Å². The van der Waals surface area contributed by atoms with Crippen LogP contribution in [0.3, 0.4) is 0 Å². The Morgan fingerprint density at radius 3 is 2.50 bits per heavy atom. The van der Waals surface area contributed by atoms with Gasteiger partial charge in [-0.2, -0.15) is 0 Å². The summed E-state index contributed by atoms with van der Waals surface area (Å²) in [5, 5.41) is 14.9. The van der Waals surface area contributed by atoms with Gasteiger partial charge < -0.3 is 15.7 Å². The minimum Gasteiger partial charge on any atom is -0.508 e. The molecule has 0 saturated carbocycles. The van der Waals surface area contributed by atoms with E-state index in [4.69, 9.17) is 5.11 Å². The zero-order valence-corrected chi connectivity index (χ0v) is 9.66.